The maximum atomic E-state index is 3.47. The van der Waals surface area contributed by atoms with Crippen molar-refractivity contribution < 1.29 is 0 Å². The second-order valence-corrected chi connectivity index (χ2v) is 4.56. The largest absolute Gasteiger partial charge is 0.315 e. The van der Waals surface area contributed by atoms with E-state index in [1.807, 2.05) is 0 Å². The normalized spacial score (nSPS) is 42.0. The van der Waals surface area contributed by atoms with Crippen molar-refractivity contribution >= 4 is 0 Å². The lowest BCUT2D eigenvalue weighted by Gasteiger charge is -2.23. The van der Waals surface area contributed by atoms with Gasteiger partial charge in [-0.15, -0.1) is 0 Å². The summed E-state index contributed by atoms with van der Waals surface area (Å²) in [6.07, 6.45) is 5.46. The summed E-state index contributed by atoms with van der Waals surface area (Å²) < 4.78 is 0. The molecule has 0 aromatic carbocycles. The summed E-state index contributed by atoms with van der Waals surface area (Å²) in [5, 5.41) is 3.47. The van der Waals surface area contributed by atoms with Crippen LogP contribution in [0.5, 0.6) is 0 Å². The van der Waals surface area contributed by atoms with Crippen LogP contribution in [-0.2, 0) is 0 Å². The van der Waals surface area contributed by atoms with Crippen molar-refractivity contribution in [2.75, 3.05) is 7.05 Å². The Morgan fingerprint density at radius 1 is 1.17 bits per heavy atom. The molecule has 12 heavy (non-hydrogen) atoms. The first-order valence-electron chi connectivity index (χ1n) is 5.34. The minimum absolute atomic E-state index is 0.432. The first kappa shape index (κ1) is 10.0. The Morgan fingerprint density at radius 3 is 1.83 bits per heavy atom. The van der Waals surface area contributed by atoms with Crippen molar-refractivity contribution in [2.45, 2.75) is 52.0 Å². The fraction of sp³-hybridized carbons (Fsp3) is 1.00. The van der Waals surface area contributed by atoms with Gasteiger partial charge in [-0.2, -0.15) is 0 Å². The van der Waals surface area contributed by atoms with Gasteiger partial charge < -0.3 is 5.32 Å². The second-order valence-electron chi connectivity index (χ2n) is 4.56. The van der Waals surface area contributed by atoms with Gasteiger partial charge in [0.25, 0.3) is 0 Å². The summed E-state index contributed by atoms with van der Waals surface area (Å²) in [6, 6.07) is 0. The zero-order valence-electron chi connectivity index (χ0n) is 8.98. The quantitative estimate of drug-likeness (QED) is 0.685. The highest BCUT2D eigenvalue weighted by Gasteiger charge is 2.38. The van der Waals surface area contributed by atoms with Crippen molar-refractivity contribution in [3.8, 4) is 0 Å². The van der Waals surface area contributed by atoms with Crippen LogP contribution in [0.1, 0.15) is 46.5 Å². The van der Waals surface area contributed by atoms with Crippen molar-refractivity contribution in [1.82, 2.24) is 5.32 Å². The van der Waals surface area contributed by atoms with Crippen LogP contribution in [0.15, 0.2) is 0 Å². The molecule has 1 rings (SSSR count). The van der Waals surface area contributed by atoms with Crippen molar-refractivity contribution in [1.29, 1.82) is 0 Å². The van der Waals surface area contributed by atoms with Gasteiger partial charge in [-0.05, 0) is 38.6 Å². The fourth-order valence-electron chi connectivity index (χ4n) is 2.73. The monoisotopic (exact) mass is 169 g/mol. The van der Waals surface area contributed by atoms with E-state index in [0.717, 1.165) is 11.8 Å². The molecule has 1 aliphatic rings. The van der Waals surface area contributed by atoms with Crippen LogP contribution >= 0.6 is 0 Å². The van der Waals surface area contributed by atoms with E-state index in [-0.39, 0.29) is 0 Å². The van der Waals surface area contributed by atoms with E-state index in [0.29, 0.717) is 5.54 Å². The molecule has 0 aliphatic heterocycles. The molecule has 1 aliphatic carbocycles. The van der Waals surface area contributed by atoms with Gasteiger partial charge in [0, 0.05) is 5.54 Å². The molecule has 1 saturated carbocycles. The minimum atomic E-state index is 0.432. The second kappa shape index (κ2) is 3.78. The first-order valence-corrected chi connectivity index (χ1v) is 5.34. The molecule has 1 N–H and O–H groups in total. The molecule has 2 atom stereocenters. The first-order chi connectivity index (χ1) is 5.65. The van der Waals surface area contributed by atoms with E-state index in [2.05, 4.69) is 33.1 Å². The van der Waals surface area contributed by atoms with E-state index >= 15 is 0 Å². The van der Waals surface area contributed by atoms with Gasteiger partial charge in [-0.3, -0.25) is 0 Å². The Balaban J connectivity index is 2.58. The summed E-state index contributed by atoms with van der Waals surface area (Å²) >= 11 is 0. The molecule has 0 aromatic rings. The molecule has 0 bridgehead atoms. The van der Waals surface area contributed by atoms with Crippen LogP contribution < -0.4 is 5.32 Å². The summed E-state index contributed by atoms with van der Waals surface area (Å²) in [6.45, 7) is 7.02. The van der Waals surface area contributed by atoms with E-state index in [1.54, 1.807) is 0 Å². The van der Waals surface area contributed by atoms with Gasteiger partial charge in [-0.25, -0.2) is 0 Å². The Kier molecular flexibility index (Phi) is 3.16. The molecule has 0 spiro atoms. The van der Waals surface area contributed by atoms with Crippen LogP contribution in [0.4, 0.5) is 0 Å². The SMILES string of the molecule is CCC1CC(C)(NC)CC1CC. The van der Waals surface area contributed by atoms with Gasteiger partial charge in [-0.1, -0.05) is 26.7 Å². The third-order valence-corrected chi connectivity index (χ3v) is 3.74. The number of hydrogen-bond acceptors (Lipinski definition) is 1. The highest BCUT2D eigenvalue weighted by atomic mass is 14.9. The molecule has 1 fully saturated rings. The third-order valence-electron chi connectivity index (χ3n) is 3.74. The summed E-state index contributed by atoms with van der Waals surface area (Å²) in [5.74, 6) is 1.93. The summed E-state index contributed by atoms with van der Waals surface area (Å²) in [7, 11) is 2.10. The fourth-order valence-corrected chi connectivity index (χ4v) is 2.73. The molecular weight excluding hydrogens is 146 g/mol. The van der Waals surface area contributed by atoms with Gasteiger partial charge in [0.15, 0.2) is 0 Å². The zero-order chi connectivity index (χ0) is 9.19. The van der Waals surface area contributed by atoms with Crippen LogP contribution in [0.2, 0.25) is 0 Å². The predicted molar refractivity (Wildman–Crippen MR) is 54.3 cm³/mol. The molecule has 1 nitrogen and oxygen atoms in total. The Bertz CT molecular complexity index is 130. The van der Waals surface area contributed by atoms with Crippen LogP contribution in [-0.4, -0.2) is 12.6 Å². The Morgan fingerprint density at radius 2 is 1.58 bits per heavy atom. The lowest BCUT2D eigenvalue weighted by atomic mass is 9.92. The zero-order valence-corrected chi connectivity index (χ0v) is 8.98. The molecule has 0 amide bonds. The van der Waals surface area contributed by atoms with E-state index in [1.165, 1.54) is 25.7 Å². The molecule has 72 valence electrons. The maximum Gasteiger partial charge on any atom is 0.0155 e. The van der Waals surface area contributed by atoms with Crippen molar-refractivity contribution in [3.63, 3.8) is 0 Å². The van der Waals surface area contributed by atoms with E-state index in [4.69, 9.17) is 0 Å². The van der Waals surface area contributed by atoms with Crippen LogP contribution in [0, 0.1) is 11.8 Å². The Labute approximate surface area is 76.9 Å². The predicted octanol–water partition coefficient (Wildman–Crippen LogP) is 2.81. The van der Waals surface area contributed by atoms with E-state index < -0.39 is 0 Å². The molecular formula is C11H23N. The molecule has 0 heterocycles. The third kappa shape index (κ3) is 1.82. The van der Waals surface area contributed by atoms with Crippen molar-refractivity contribution in [3.05, 3.63) is 0 Å². The lowest BCUT2D eigenvalue weighted by molar-refractivity contribution is 0.367. The Hall–Kier alpha value is -0.0400. The molecule has 0 aromatic heterocycles. The minimum Gasteiger partial charge on any atom is -0.315 e. The molecule has 2 unspecified atom stereocenters. The molecule has 1 heteroatoms. The summed E-state index contributed by atoms with van der Waals surface area (Å²) in [5.41, 5.74) is 0.432. The number of nitrogens with one attached hydrogen (secondary N) is 1. The van der Waals surface area contributed by atoms with Crippen LogP contribution in [0.25, 0.3) is 0 Å². The van der Waals surface area contributed by atoms with Crippen LogP contribution in [0.3, 0.4) is 0 Å². The topological polar surface area (TPSA) is 12.0 Å². The highest BCUT2D eigenvalue weighted by Crippen LogP contribution is 2.42. The van der Waals surface area contributed by atoms with E-state index in [9.17, 15) is 0 Å². The van der Waals surface area contributed by atoms with Gasteiger partial charge in [0.1, 0.15) is 0 Å². The number of rotatable bonds is 3. The standard InChI is InChI=1S/C11H23N/c1-5-9-7-11(3,12-4)8-10(9)6-2/h9-10,12H,5-8H2,1-4H3. The average molecular weight is 169 g/mol. The van der Waals surface area contributed by atoms with Crippen molar-refractivity contribution in [2.24, 2.45) is 11.8 Å². The smallest absolute Gasteiger partial charge is 0.0155 e. The molecule has 0 saturated heterocycles. The van der Waals surface area contributed by atoms with Gasteiger partial charge >= 0.3 is 0 Å². The number of hydrogen-bond donors (Lipinski definition) is 1. The maximum absolute atomic E-state index is 3.47. The summed E-state index contributed by atoms with van der Waals surface area (Å²) in [4.78, 5) is 0. The molecule has 0 radical (unpaired) electrons. The van der Waals surface area contributed by atoms with Gasteiger partial charge in [0.05, 0.1) is 0 Å². The highest BCUT2D eigenvalue weighted by molar-refractivity contribution is 4.95. The average Bonchev–Trinajstić information content (AvgIpc) is 2.43. The lowest BCUT2D eigenvalue weighted by Crippen LogP contribution is -2.36. The van der Waals surface area contributed by atoms with Gasteiger partial charge in [0.2, 0.25) is 0 Å².